The molecule has 1 saturated heterocycles. The van der Waals surface area contributed by atoms with E-state index in [0.29, 0.717) is 0 Å². The van der Waals surface area contributed by atoms with Gasteiger partial charge in [-0.1, -0.05) is 31.0 Å². The molecule has 2 aromatic rings. The topological polar surface area (TPSA) is 178 Å². The number of nitrogens with one attached hydrogen (secondary N) is 2. The standard InChI is InChI=1S/C24H30N3O10P/c1-5-17(21(30)35-15(3)4)26-38(33,37-16-10-8-7-9-11-16)34-14-18-20(29)24(32,6-2)22(36-18)27-13-12-19(28)25-23(27)31/h2,7-13,15,17-18,20,22,29,32H,5,14H2,1,3-4H3,(H,26,33)(H,25,28,31)/t17-,18+,20+,22-,24+,38?/m0/s1. The van der Waals surface area contributed by atoms with Gasteiger partial charge in [-0.2, -0.15) is 5.09 Å². The van der Waals surface area contributed by atoms with Gasteiger partial charge in [0.1, 0.15) is 24.0 Å². The van der Waals surface area contributed by atoms with Gasteiger partial charge in [-0.05, 0) is 32.4 Å². The van der Waals surface area contributed by atoms with Crippen molar-refractivity contribution < 1.29 is 38.1 Å². The first-order valence-corrected chi connectivity index (χ1v) is 13.3. The van der Waals surface area contributed by atoms with Crippen LogP contribution >= 0.6 is 7.75 Å². The predicted octanol–water partition coefficient (Wildman–Crippen LogP) is 0.683. The number of esters is 1. The molecule has 3 rings (SSSR count). The Labute approximate surface area is 218 Å². The first-order valence-electron chi connectivity index (χ1n) is 11.7. The summed E-state index contributed by atoms with van der Waals surface area (Å²) >= 11 is 0. The number of H-pyrrole nitrogens is 1. The number of rotatable bonds is 11. The number of terminal acetylenes is 1. The fourth-order valence-corrected chi connectivity index (χ4v) is 5.24. The SMILES string of the molecule is C#C[C@@]1(O)[C@H](O)[C@@H](COP(=O)(N[C@@H](CC)C(=O)OC(C)C)Oc2ccccc2)O[C@@H]1n1ccc(=O)[nH]c1=O. The monoisotopic (exact) mass is 551 g/mol. The van der Waals surface area contributed by atoms with Crippen molar-refractivity contribution in [2.45, 2.75) is 63.4 Å². The number of aromatic nitrogens is 2. The molecule has 0 spiro atoms. The lowest BCUT2D eigenvalue weighted by molar-refractivity contribution is -0.149. The van der Waals surface area contributed by atoms with Crippen molar-refractivity contribution in [2.24, 2.45) is 0 Å². The molecule has 14 heteroatoms. The number of carbonyl (C=O) groups excluding carboxylic acids is 1. The lowest BCUT2D eigenvalue weighted by Gasteiger charge is -2.26. The Hall–Kier alpha value is -3.24. The maximum Gasteiger partial charge on any atom is 0.459 e. The van der Waals surface area contributed by atoms with Gasteiger partial charge in [-0.15, -0.1) is 6.42 Å². The minimum absolute atomic E-state index is 0.154. The molecule has 1 aromatic heterocycles. The molecule has 0 saturated carbocycles. The van der Waals surface area contributed by atoms with Gasteiger partial charge in [0.05, 0.1) is 12.7 Å². The zero-order valence-electron chi connectivity index (χ0n) is 21.0. The molecule has 206 valence electrons. The summed E-state index contributed by atoms with van der Waals surface area (Å²) < 4.78 is 36.6. The first-order chi connectivity index (χ1) is 17.9. The molecule has 1 fully saturated rings. The van der Waals surface area contributed by atoms with Gasteiger partial charge in [0.15, 0.2) is 11.8 Å². The minimum Gasteiger partial charge on any atom is -0.462 e. The Bertz CT molecular complexity index is 1320. The summed E-state index contributed by atoms with van der Waals surface area (Å²) in [5, 5.41) is 24.3. The van der Waals surface area contributed by atoms with Gasteiger partial charge in [-0.25, -0.2) is 9.36 Å². The van der Waals surface area contributed by atoms with Gasteiger partial charge in [0, 0.05) is 12.3 Å². The van der Waals surface area contributed by atoms with Crippen LogP contribution in [0.1, 0.15) is 33.4 Å². The van der Waals surface area contributed by atoms with Crippen LogP contribution in [0, 0.1) is 12.3 Å². The highest BCUT2D eigenvalue weighted by atomic mass is 31.2. The van der Waals surface area contributed by atoms with E-state index in [1.807, 2.05) is 10.9 Å². The van der Waals surface area contributed by atoms with Crippen molar-refractivity contribution in [1.82, 2.24) is 14.6 Å². The molecule has 13 nitrogen and oxygen atoms in total. The van der Waals surface area contributed by atoms with Crippen molar-refractivity contribution in [3.63, 3.8) is 0 Å². The number of aliphatic hydroxyl groups is 2. The van der Waals surface area contributed by atoms with Crippen LogP contribution in [0.2, 0.25) is 0 Å². The molecule has 1 aliphatic heterocycles. The largest absolute Gasteiger partial charge is 0.462 e. The predicted molar refractivity (Wildman–Crippen MR) is 134 cm³/mol. The highest BCUT2D eigenvalue weighted by Gasteiger charge is 2.56. The zero-order valence-corrected chi connectivity index (χ0v) is 21.9. The Morgan fingerprint density at radius 3 is 2.58 bits per heavy atom. The van der Waals surface area contributed by atoms with Crippen LogP contribution in [-0.2, 0) is 23.4 Å². The number of para-hydroxylation sites is 1. The number of aliphatic hydroxyl groups excluding tert-OH is 1. The van der Waals surface area contributed by atoms with Crippen LogP contribution in [0.15, 0.2) is 52.2 Å². The Kier molecular flexibility index (Phi) is 9.32. The van der Waals surface area contributed by atoms with Crippen molar-refractivity contribution >= 4 is 13.7 Å². The molecule has 1 unspecified atom stereocenters. The van der Waals surface area contributed by atoms with Gasteiger partial charge in [0.25, 0.3) is 5.56 Å². The number of aromatic amines is 1. The highest BCUT2D eigenvalue weighted by molar-refractivity contribution is 7.52. The van der Waals surface area contributed by atoms with Crippen molar-refractivity contribution in [3.8, 4) is 18.1 Å². The number of ether oxygens (including phenoxy) is 2. The van der Waals surface area contributed by atoms with E-state index in [4.69, 9.17) is 24.9 Å². The summed E-state index contributed by atoms with van der Waals surface area (Å²) in [6, 6.07) is 7.94. The molecule has 1 aliphatic rings. The Morgan fingerprint density at radius 1 is 1.32 bits per heavy atom. The zero-order chi connectivity index (χ0) is 28.1. The molecule has 6 atom stereocenters. The van der Waals surface area contributed by atoms with E-state index in [1.54, 1.807) is 39.0 Å². The van der Waals surface area contributed by atoms with Crippen LogP contribution in [0.3, 0.4) is 0 Å². The fourth-order valence-electron chi connectivity index (χ4n) is 3.65. The average Bonchev–Trinajstić information content (AvgIpc) is 3.12. The van der Waals surface area contributed by atoms with E-state index in [2.05, 4.69) is 5.09 Å². The van der Waals surface area contributed by atoms with Gasteiger partial charge < -0.3 is 24.2 Å². The third-order valence-corrected chi connectivity index (χ3v) is 7.12. The number of nitrogens with zero attached hydrogens (tertiary/aromatic N) is 1. The van der Waals surface area contributed by atoms with Crippen LogP contribution in [0.5, 0.6) is 5.75 Å². The molecule has 1 aromatic carbocycles. The second kappa shape index (κ2) is 12.1. The number of hydrogen-bond acceptors (Lipinski definition) is 10. The maximum absolute atomic E-state index is 13.8. The fraction of sp³-hybridized carbons (Fsp3) is 0.458. The van der Waals surface area contributed by atoms with E-state index in [1.165, 1.54) is 12.1 Å². The summed E-state index contributed by atoms with van der Waals surface area (Å²) in [5.74, 6) is 1.49. The van der Waals surface area contributed by atoms with Crippen LogP contribution < -0.4 is 20.9 Å². The van der Waals surface area contributed by atoms with Crippen molar-refractivity contribution in [3.05, 3.63) is 63.4 Å². The number of benzene rings is 1. The summed E-state index contributed by atoms with van der Waals surface area (Å²) in [7, 11) is -4.34. The lowest BCUT2D eigenvalue weighted by Crippen LogP contribution is -2.48. The van der Waals surface area contributed by atoms with E-state index >= 15 is 0 Å². The molecule has 0 amide bonds. The highest BCUT2D eigenvalue weighted by Crippen LogP contribution is 2.47. The minimum atomic E-state index is -4.34. The number of hydrogen-bond donors (Lipinski definition) is 4. The Balaban J connectivity index is 1.86. The van der Waals surface area contributed by atoms with E-state index in [0.717, 1.165) is 16.8 Å². The third-order valence-electron chi connectivity index (χ3n) is 5.55. The normalized spacial score (nSPS) is 25.3. The smallest absolute Gasteiger partial charge is 0.459 e. The van der Waals surface area contributed by atoms with Crippen molar-refractivity contribution in [1.29, 1.82) is 0 Å². The summed E-state index contributed by atoms with van der Waals surface area (Å²) in [5.41, 5.74) is -4.06. The molecule has 2 heterocycles. The lowest BCUT2D eigenvalue weighted by atomic mass is 9.95. The summed E-state index contributed by atoms with van der Waals surface area (Å²) in [4.78, 5) is 38.2. The average molecular weight is 551 g/mol. The summed E-state index contributed by atoms with van der Waals surface area (Å²) in [6.07, 6.45) is 1.42. The van der Waals surface area contributed by atoms with E-state index in [-0.39, 0.29) is 12.2 Å². The molecule has 0 radical (unpaired) electrons. The molecule has 38 heavy (non-hydrogen) atoms. The maximum atomic E-state index is 13.8. The van der Waals surface area contributed by atoms with E-state index < -0.39 is 67.8 Å². The molecule has 0 bridgehead atoms. The molecule has 0 aliphatic carbocycles. The molecular weight excluding hydrogens is 521 g/mol. The van der Waals surface area contributed by atoms with Gasteiger partial charge >= 0.3 is 19.4 Å². The van der Waals surface area contributed by atoms with Crippen LogP contribution in [0.4, 0.5) is 0 Å². The second-order valence-corrected chi connectivity index (χ2v) is 10.4. The first kappa shape index (κ1) is 29.3. The van der Waals surface area contributed by atoms with Crippen LogP contribution in [0.25, 0.3) is 0 Å². The molecular formula is C24H30N3O10P. The number of carbonyl (C=O) groups is 1. The summed E-state index contributed by atoms with van der Waals surface area (Å²) in [6.45, 7) is 4.34. The quantitative estimate of drug-likeness (QED) is 0.175. The van der Waals surface area contributed by atoms with Gasteiger partial charge in [-0.3, -0.25) is 23.7 Å². The van der Waals surface area contributed by atoms with Crippen molar-refractivity contribution in [2.75, 3.05) is 6.61 Å². The van der Waals surface area contributed by atoms with Gasteiger partial charge in [0.2, 0.25) is 0 Å². The van der Waals surface area contributed by atoms with Crippen LogP contribution in [-0.4, -0.2) is 62.3 Å². The second-order valence-electron chi connectivity index (χ2n) is 8.73. The molecule has 4 N–H and O–H groups in total. The third kappa shape index (κ3) is 6.60. The van der Waals surface area contributed by atoms with E-state index in [9.17, 15) is 29.2 Å². The Morgan fingerprint density at radius 2 is 2.00 bits per heavy atom.